The van der Waals surface area contributed by atoms with Gasteiger partial charge in [-0.05, 0) is 83.9 Å². The number of ether oxygens (including phenoxy) is 8. The molecule has 4 heterocycles. The molecule has 26 nitrogen and oxygen atoms in total. The normalized spacial score (nSPS) is 26.7. The first-order chi connectivity index (χ1) is 38.3. The summed E-state index contributed by atoms with van der Waals surface area (Å²) in [5, 5.41) is 139. The van der Waals surface area contributed by atoms with Crippen molar-refractivity contribution in [3.05, 3.63) is 143 Å². The SMILES string of the molecule is O=C(/C=C/c1ccc2c(c1)OC1(O)C(=O)c3c(O)cc(O)cc3OC1(c1ccc(O)c(O)c1)O2)O[C@@H]1C[C@](OC(=O)/C=C/c2ccc3c(c2)OC2(c4ccc(O)c(O)c4)Oc4cc(O)cc(O)c4C(=O)C2(O)O3)(C(=O)O)C[C@@H](O)[C@H]1O. The van der Waals surface area contributed by atoms with Gasteiger partial charge in [-0.2, -0.15) is 0 Å². The number of fused-ring (bicyclic) bond motifs is 6. The number of Topliss-reactive ketones (excluding diaryl/α,β-unsaturated/α-hetero) is 2. The second-order valence-corrected chi connectivity index (χ2v) is 19.1. The molecule has 0 amide bonds. The van der Waals surface area contributed by atoms with Crippen molar-refractivity contribution in [1.29, 1.82) is 0 Å². The lowest BCUT2D eigenvalue weighted by atomic mass is 9.79. The lowest BCUT2D eigenvalue weighted by Gasteiger charge is -2.50. The molecule has 11 rings (SSSR count). The summed E-state index contributed by atoms with van der Waals surface area (Å²) in [5.74, 6) is -26.4. The molecule has 1 fully saturated rings. The lowest BCUT2D eigenvalue weighted by Crippen LogP contribution is -2.70. The summed E-state index contributed by atoms with van der Waals surface area (Å²) in [5.41, 5.74) is -4.29. The fourth-order valence-electron chi connectivity index (χ4n) is 9.97. The number of rotatable bonds is 9. The number of phenolic OH excluding ortho intramolecular Hbond substituents is 8. The number of aromatic hydroxyl groups is 8. The third kappa shape index (κ3) is 8.23. The molecular weight excluding hydrogens is 1080 g/mol. The largest absolute Gasteiger partial charge is 0.508 e. The Morgan fingerprint density at radius 2 is 0.938 bits per heavy atom. The van der Waals surface area contributed by atoms with Crippen molar-refractivity contribution >= 4 is 41.6 Å². The number of carboxylic acids is 1. The van der Waals surface area contributed by atoms with Crippen LogP contribution in [0.2, 0.25) is 0 Å². The van der Waals surface area contributed by atoms with E-state index in [2.05, 4.69) is 0 Å². The first-order valence-corrected chi connectivity index (χ1v) is 23.8. The van der Waals surface area contributed by atoms with Gasteiger partial charge in [0.1, 0.15) is 57.8 Å². The topological polar surface area (TPSA) is 422 Å². The molecule has 4 aliphatic heterocycles. The van der Waals surface area contributed by atoms with Gasteiger partial charge in [0.2, 0.25) is 5.60 Å². The number of ketones is 2. The number of aliphatic hydroxyl groups excluding tert-OH is 2. The second kappa shape index (κ2) is 18.3. The van der Waals surface area contributed by atoms with E-state index in [0.717, 1.165) is 85.0 Å². The Bertz CT molecular complexity index is 3800. The summed E-state index contributed by atoms with van der Waals surface area (Å²) in [4.78, 5) is 67.7. The van der Waals surface area contributed by atoms with E-state index in [4.69, 9.17) is 37.9 Å². The minimum absolute atomic E-state index is 0.0880. The summed E-state index contributed by atoms with van der Waals surface area (Å²) in [6, 6.07) is 16.9. The maximum atomic E-state index is 14.1. The molecule has 0 saturated heterocycles. The summed E-state index contributed by atoms with van der Waals surface area (Å²) >= 11 is 0. The number of carbonyl (C=O) groups excluding carboxylic acids is 4. The van der Waals surface area contributed by atoms with Crippen molar-refractivity contribution in [3.63, 3.8) is 0 Å². The molecule has 0 bridgehead atoms. The summed E-state index contributed by atoms with van der Waals surface area (Å²) < 4.78 is 46.7. The number of aliphatic hydroxyl groups is 4. The van der Waals surface area contributed by atoms with Crippen molar-refractivity contribution in [3.8, 4) is 80.5 Å². The molecule has 0 aromatic heterocycles. The van der Waals surface area contributed by atoms with Gasteiger partial charge in [-0.1, -0.05) is 12.1 Å². The number of benzene rings is 6. The highest BCUT2D eigenvalue weighted by molar-refractivity contribution is 6.09. The van der Waals surface area contributed by atoms with Crippen LogP contribution in [-0.2, 0) is 35.4 Å². The Morgan fingerprint density at radius 3 is 1.43 bits per heavy atom. The maximum absolute atomic E-state index is 14.1. The van der Waals surface area contributed by atoms with Crippen LogP contribution in [0.5, 0.6) is 80.5 Å². The number of carbonyl (C=O) groups is 5. The van der Waals surface area contributed by atoms with Crippen molar-refractivity contribution in [2.45, 2.75) is 59.9 Å². The molecule has 26 heteroatoms. The van der Waals surface area contributed by atoms with Crippen LogP contribution in [0.25, 0.3) is 12.2 Å². The van der Waals surface area contributed by atoms with Gasteiger partial charge >= 0.3 is 41.1 Å². The van der Waals surface area contributed by atoms with Gasteiger partial charge in [0.05, 0.1) is 6.10 Å². The van der Waals surface area contributed by atoms with E-state index < -0.39 is 158 Å². The Morgan fingerprint density at radius 1 is 0.494 bits per heavy atom. The van der Waals surface area contributed by atoms with Crippen LogP contribution in [0.1, 0.15) is 55.8 Å². The van der Waals surface area contributed by atoms with Crippen LogP contribution in [0.15, 0.2) is 109 Å². The van der Waals surface area contributed by atoms with E-state index in [0.29, 0.717) is 0 Å². The molecule has 0 spiro atoms. The average molecular weight is 1120 g/mol. The number of hydrogen-bond donors (Lipinski definition) is 13. The van der Waals surface area contributed by atoms with Crippen LogP contribution >= 0.6 is 0 Å². The molecule has 5 aliphatic rings. The van der Waals surface area contributed by atoms with E-state index in [1.807, 2.05) is 0 Å². The standard InChI is InChI=1S/C55H40O26/c56-27-18-34(63)46-40(19-27)79-54(25-5-7-29(58)31(60)15-25)53(73,49(46)69)76-38-13-23(2-10-37(38)77-54)3-11-43(65)74-42-22-51(50(70)71,21-35(64)47(42)67)81-44(66)12-4-24-1-9-36-39(14-24)78-55(26-6-8-30(59)32(61)16-26)52(72,75-36)48(68)45-33(62)17-28(57)20-41(45)80-55/h1-20,35,42,47,56-64,67,72-73H,21-22H2,(H,70,71)/b11-3+,12-4+/t35-,42-,47-,51+,52?,53?,54?,55?/m1/s1. The van der Waals surface area contributed by atoms with Crippen molar-refractivity contribution < 1.29 is 128 Å². The predicted molar refractivity (Wildman–Crippen MR) is 263 cm³/mol. The summed E-state index contributed by atoms with van der Waals surface area (Å²) in [6.45, 7) is 0. The van der Waals surface area contributed by atoms with Gasteiger partial charge in [-0.3, -0.25) is 9.59 Å². The smallest absolute Gasteiger partial charge is 0.357 e. The third-order valence-electron chi connectivity index (χ3n) is 13.9. The summed E-state index contributed by atoms with van der Waals surface area (Å²) in [6.07, 6.45) is -3.67. The Hall–Kier alpha value is -10.4. The van der Waals surface area contributed by atoms with Crippen LogP contribution in [0.3, 0.4) is 0 Å². The number of aliphatic carboxylic acids is 1. The van der Waals surface area contributed by atoms with E-state index in [-0.39, 0.29) is 45.3 Å². The molecular formula is C55H40O26. The Balaban J connectivity index is 0.805. The lowest BCUT2D eigenvalue weighted by molar-refractivity contribution is -0.316. The Kier molecular flexibility index (Phi) is 11.9. The minimum atomic E-state index is -3.21. The zero-order valence-electron chi connectivity index (χ0n) is 40.8. The van der Waals surface area contributed by atoms with E-state index in [1.54, 1.807) is 0 Å². The van der Waals surface area contributed by atoms with Crippen LogP contribution < -0.4 is 28.4 Å². The monoisotopic (exact) mass is 1120 g/mol. The van der Waals surface area contributed by atoms with Gasteiger partial charge in [0.25, 0.3) is 11.6 Å². The van der Waals surface area contributed by atoms with Gasteiger partial charge < -0.3 is 104 Å². The second-order valence-electron chi connectivity index (χ2n) is 19.1. The molecule has 6 aromatic carbocycles. The quantitative estimate of drug-likeness (QED) is 0.0562. The zero-order valence-corrected chi connectivity index (χ0v) is 40.8. The fraction of sp³-hybridized carbons (Fsp3) is 0.182. The maximum Gasteiger partial charge on any atom is 0.357 e. The third-order valence-corrected chi connectivity index (χ3v) is 13.9. The number of phenols is 8. The first-order valence-electron chi connectivity index (χ1n) is 23.8. The van der Waals surface area contributed by atoms with Gasteiger partial charge in [-0.15, -0.1) is 0 Å². The average Bonchev–Trinajstić information content (AvgIpc) is 3.02. The van der Waals surface area contributed by atoms with Crippen LogP contribution in [0.4, 0.5) is 0 Å². The van der Waals surface area contributed by atoms with Gasteiger partial charge in [0.15, 0.2) is 46.0 Å². The predicted octanol–water partition coefficient (Wildman–Crippen LogP) is 3.03. The van der Waals surface area contributed by atoms with E-state index >= 15 is 0 Å². The highest BCUT2D eigenvalue weighted by atomic mass is 16.8. The number of carboxylic acid groups (broad SMARTS) is 1. The highest BCUT2D eigenvalue weighted by Gasteiger charge is 2.72. The minimum Gasteiger partial charge on any atom is -0.508 e. The molecule has 8 atom stereocenters. The fourth-order valence-corrected chi connectivity index (χ4v) is 9.97. The Labute approximate surface area is 451 Å². The summed E-state index contributed by atoms with van der Waals surface area (Å²) in [7, 11) is 0. The van der Waals surface area contributed by atoms with Crippen LogP contribution in [-0.4, -0.2) is 131 Å². The first kappa shape index (κ1) is 52.6. The van der Waals surface area contributed by atoms with Crippen LogP contribution in [0, 0.1) is 0 Å². The van der Waals surface area contributed by atoms with Gasteiger partial charge in [-0.25, -0.2) is 14.4 Å². The number of esters is 2. The molecule has 13 N–H and O–H groups in total. The van der Waals surface area contributed by atoms with Crippen molar-refractivity contribution in [2.24, 2.45) is 0 Å². The molecule has 1 aliphatic carbocycles. The zero-order chi connectivity index (χ0) is 57.9. The molecule has 0 radical (unpaired) electrons. The van der Waals surface area contributed by atoms with E-state index in [1.165, 1.54) is 36.4 Å². The molecule has 6 aromatic rings. The van der Waals surface area contributed by atoms with E-state index in [9.17, 15) is 90.4 Å². The van der Waals surface area contributed by atoms with Crippen molar-refractivity contribution in [1.82, 2.24) is 0 Å². The molecule has 81 heavy (non-hydrogen) atoms. The van der Waals surface area contributed by atoms with Gasteiger partial charge in [0, 0.05) is 60.4 Å². The molecule has 416 valence electrons. The van der Waals surface area contributed by atoms with Crippen molar-refractivity contribution in [2.75, 3.05) is 0 Å². The highest BCUT2D eigenvalue weighted by Crippen LogP contribution is 2.58. The molecule has 1 saturated carbocycles. The number of hydrogen-bond acceptors (Lipinski definition) is 25. The molecule has 4 unspecified atom stereocenters.